The Kier molecular flexibility index (Phi) is 4.46. The molecule has 0 aliphatic rings. The Morgan fingerprint density at radius 3 is 2.64 bits per heavy atom. The number of hydrogen-bond acceptors (Lipinski definition) is 2. The molecule has 1 N–H and O–H groups in total. The molecule has 14 heavy (non-hydrogen) atoms. The van der Waals surface area contributed by atoms with Crippen LogP contribution in [0.4, 0.5) is 0 Å². The summed E-state index contributed by atoms with van der Waals surface area (Å²) in [6.07, 6.45) is 4.62. The van der Waals surface area contributed by atoms with Crippen molar-refractivity contribution in [2.75, 3.05) is 13.6 Å². The van der Waals surface area contributed by atoms with Crippen LogP contribution in [0.1, 0.15) is 11.1 Å². The maximum Gasteiger partial charge on any atom is 0.0669 e. The average molecular weight is 186 g/mol. The fraction of sp³-hybridized carbons (Fsp3) is 0.250. The van der Waals surface area contributed by atoms with Crippen LogP contribution in [0.2, 0.25) is 0 Å². The van der Waals surface area contributed by atoms with Crippen LogP contribution in [0.15, 0.2) is 30.3 Å². The van der Waals surface area contributed by atoms with E-state index in [-0.39, 0.29) is 0 Å². The van der Waals surface area contributed by atoms with Crippen molar-refractivity contribution in [3.63, 3.8) is 0 Å². The van der Waals surface area contributed by atoms with Gasteiger partial charge in [0.05, 0.1) is 12.5 Å². The number of nitrogens with zero attached hydrogens (tertiary/aromatic N) is 1. The molecular weight excluding hydrogens is 172 g/mol. The van der Waals surface area contributed by atoms with E-state index < -0.39 is 0 Å². The van der Waals surface area contributed by atoms with Gasteiger partial charge < -0.3 is 5.32 Å². The van der Waals surface area contributed by atoms with Crippen molar-refractivity contribution in [1.82, 2.24) is 5.32 Å². The maximum absolute atomic E-state index is 8.49. The minimum Gasteiger partial charge on any atom is -0.316 e. The molecular formula is C12H14N2. The summed E-state index contributed by atoms with van der Waals surface area (Å²) in [6, 6.07) is 10.2. The zero-order valence-corrected chi connectivity index (χ0v) is 8.33. The largest absolute Gasteiger partial charge is 0.316 e. The number of hydrogen-bond donors (Lipinski definition) is 1. The lowest BCUT2D eigenvalue weighted by Crippen LogP contribution is -2.03. The summed E-state index contributed by atoms with van der Waals surface area (Å²) in [6.45, 7) is 0.875. The molecule has 0 amide bonds. The smallest absolute Gasteiger partial charge is 0.0669 e. The number of rotatable bonds is 4. The highest BCUT2D eigenvalue weighted by atomic mass is 14.8. The number of nitrogens with one attached hydrogen (secondary N) is 1. The van der Waals surface area contributed by atoms with Gasteiger partial charge in [0, 0.05) is 6.54 Å². The first-order valence-electron chi connectivity index (χ1n) is 4.64. The lowest BCUT2D eigenvalue weighted by Gasteiger charge is -1.96. The molecule has 0 aliphatic heterocycles. The van der Waals surface area contributed by atoms with Gasteiger partial charge in [-0.25, -0.2) is 0 Å². The molecule has 0 saturated carbocycles. The molecule has 2 heteroatoms. The monoisotopic (exact) mass is 186 g/mol. The Morgan fingerprint density at radius 2 is 2.07 bits per heavy atom. The van der Waals surface area contributed by atoms with E-state index in [2.05, 4.69) is 23.5 Å². The molecule has 0 fully saturated rings. The van der Waals surface area contributed by atoms with Crippen LogP contribution in [0.25, 0.3) is 6.08 Å². The van der Waals surface area contributed by atoms with Crippen LogP contribution < -0.4 is 5.32 Å². The fourth-order valence-corrected chi connectivity index (χ4v) is 1.15. The normalized spacial score (nSPS) is 10.3. The van der Waals surface area contributed by atoms with E-state index >= 15 is 0 Å². The van der Waals surface area contributed by atoms with E-state index in [4.69, 9.17) is 5.26 Å². The molecule has 0 heterocycles. The lowest BCUT2D eigenvalue weighted by atomic mass is 10.1. The van der Waals surface area contributed by atoms with Gasteiger partial charge in [0.2, 0.25) is 0 Å². The number of likely N-dealkylation sites (N-methyl/N-ethyl adjacent to an activating group) is 1. The van der Waals surface area contributed by atoms with Crippen molar-refractivity contribution < 1.29 is 0 Å². The van der Waals surface area contributed by atoms with E-state index in [9.17, 15) is 0 Å². The van der Waals surface area contributed by atoms with Crippen LogP contribution in [-0.4, -0.2) is 13.6 Å². The standard InChI is InChI=1S/C12H14N2/c1-14-10-2-3-11-4-6-12(7-5-11)8-9-13/h2-7,14H,8,10H2,1H3/b3-2+. The van der Waals surface area contributed by atoms with Crippen molar-refractivity contribution >= 4 is 6.08 Å². The molecule has 0 aliphatic carbocycles. The summed E-state index contributed by atoms with van der Waals surface area (Å²) < 4.78 is 0. The third-order valence-electron chi connectivity index (χ3n) is 1.90. The van der Waals surface area contributed by atoms with Gasteiger partial charge in [0.1, 0.15) is 0 Å². The number of benzene rings is 1. The molecule has 0 saturated heterocycles. The second-order valence-corrected chi connectivity index (χ2v) is 3.04. The molecule has 2 nitrogen and oxygen atoms in total. The third-order valence-corrected chi connectivity index (χ3v) is 1.90. The van der Waals surface area contributed by atoms with Gasteiger partial charge in [-0.1, -0.05) is 36.4 Å². The van der Waals surface area contributed by atoms with Crippen LogP contribution in [0.3, 0.4) is 0 Å². The SMILES string of the molecule is CNC/C=C/c1ccc(CC#N)cc1. The predicted molar refractivity (Wildman–Crippen MR) is 58.7 cm³/mol. The van der Waals surface area contributed by atoms with E-state index in [0.717, 1.165) is 12.1 Å². The minimum absolute atomic E-state index is 0.487. The second kappa shape index (κ2) is 5.95. The zero-order chi connectivity index (χ0) is 10.2. The van der Waals surface area contributed by atoms with Crippen LogP contribution in [-0.2, 0) is 6.42 Å². The Labute approximate surface area is 84.9 Å². The van der Waals surface area contributed by atoms with E-state index in [1.807, 2.05) is 31.3 Å². The maximum atomic E-state index is 8.49. The summed E-state index contributed by atoms with van der Waals surface area (Å²) in [5.41, 5.74) is 2.24. The van der Waals surface area contributed by atoms with E-state index in [0.29, 0.717) is 6.42 Å². The molecule has 1 aromatic rings. The predicted octanol–water partition coefficient (Wildman–Crippen LogP) is 1.99. The van der Waals surface area contributed by atoms with Crippen LogP contribution >= 0.6 is 0 Å². The Balaban J connectivity index is 2.60. The van der Waals surface area contributed by atoms with Gasteiger partial charge in [-0.15, -0.1) is 0 Å². The van der Waals surface area contributed by atoms with Crippen LogP contribution in [0.5, 0.6) is 0 Å². The molecule has 72 valence electrons. The van der Waals surface area contributed by atoms with Crippen molar-refractivity contribution in [3.8, 4) is 6.07 Å². The highest BCUT2D eigenvalue weighted by Gasteiger charge is 1.90. The fourth-order valence-electron chi connectivity index (χ4n) is 1.15. The van der Waals surface area contributed by atoms with Crippen molar-refractivity contribution in [2.45, 2.75) is 6.42 Å². The second-order valence-electron chi connectivity index (χ2n) is 3.04. The summed E-state index contributed by atoms with van der Waals surface area (Å²) in [4.78, 5) is 0. The molecule has 1 aromatic carbocycles. The third kappa shape index (κ3) is 3.42. The highest BCUT2D eigenvalue weighted by molar-refractivity contribution is 5.49. The molecule has 1 rings (SSSR count). The molecule has 0 aromatic heterocycles. The van der Waals surface area contributed by atoms with E-state index in [1.165, 1.54) is 5.56 Å². The van der Waals surface area contributed by atoms with Gasteiger partial charge in [0.15, 0.2) is 0 Å². The van der Waals surface area contributed by atoms with Gasteiger partial charge in [-0.2, -0.15) is 5.26 Å². The van der Waals surface area contributed by atoms with E-state index in [1.54, 1.807) is 0 Å². The quantitative estimate of drug-likeness (QED) is 0.780. The first-order chi connectivity index (χ1) is 6.86. The van der Waals surface area contributed by atoms with Crippen molar-refractivity contribution in [2.24, 2.45) is 0 Å². The Bertz CT molecular complexity index is 330. The lowest BCUT2D eigenvalue weighted by molar-refractivity contribution is 0.922. The summed E-state index contributed by atoms with van der Waals surface area (Å²) in [7, 11) is 1.92. The topological polar surface area (TPSA) is 35.8 Å². The average Bonchev–Trinajstić information content (AvgIpc) is 2.21. The van der Waals surface area contributed by atoms with Gasteiger partial charge in [0.25, 0.3) is 0 Å². The summed E-state index contributed by atoms with van der Waals surface area (Å²) in [5, 5.41) is 11.5. The molecule has 0 spiro atoms. The Hall–Kier alpha value is -1.59. The molecule has 0 radical (unpaired) electrons. The zero-order valence-electron chi connectivity index (χ0n) is 8.33. The molecule has 0 bridgehead atoms. The van der Waals surface area contributed by atoms with Crippen molar-refractivity contribution in [3.05, 3.63) is 41.5 Å². The summed E-state index contributed by atoms with van der Waals surface area (Å²) in [5.74, 6) is 0. The first kappa shape index (κ1) is 10.5. The first-order valence-corrected chi connectivity index (χ1v) is 4.64. The minimum atomic E-state index is 0.487. The van der Waals surface area contributed by atoms with Gasteiger partial charge in [-0.3, -0.25) is 0 Å². The van der Waals surface area contributed by atoms with Gasteiger partial charge >= 0.3 is 0 Å². The van der Waals surface area contributed by atoms with Crippen molar-refractivity contribution in [1.29, 1.82) is 5.26 Å². The molecule has 0 atom stereocenters. The highest BCUT2D eigenvalue weighted by Crippen LogP contribution is 2.06. The number of nitriles is 1. The van der Waals surface area contributed by atoms with Gasteiger partial charge in [-0.05, 0) is 18.2 Å². The molecule has 0 unspecified atom stereocenters. The summed E-state index contributed by atoms with van der Waals surface area (Å²) >= 11 is 0. The van der Waals surface area contributed by atoms with Crippen LogP contribution in [0, 0.1) is 11.3 Å². The Morgan fingerprint density at radius 1 is 1.36 bits per heavy atom.